The van der Waals surface area contributed by atoms with Gasteiger partial charge in [-0.3, -0.25) is 14.4 Å². The van der Waals surface area contributed by atoms with Crippen LogP contribution in [-0.2, 0) is 20.9 Å². The van der Waals surface area contributed by atoms with Gasteiger partial charge in [0, 0.05) is 5.02 Å². The lowest BCUT2D eigenvalue weighted by molar-refractivity contribution is -0.136. The monoisotopic (exact) mass is 484 g/mol. The molecule has 3 amide bonds. The summed E-state index contributed by atoms with van der Waals surface area (Å²) in [6, 6.07) is 14.7. The van der Waals surface area contributed by atoms with Gasteiger partial charge in [-0.2, -0.15) is 5.10 Å². The fraction of sp³-hybridized carbons (Fsp3) is 0.130. The van der Waals surface area contributed by atoms with Gasteiger partial charge < -0.3 is 24.5 Å². The fourth-order valence-corrected chi connectivity index (χ4v) is 2.79. The smallest absolute Gasteiger partial charge is 0.329 e. The van der Waals surface area contributed by atoms with Crippen LogP contribution in [0, 0.1) is 0 Å². The van der Waals surface area contributed by atoms with Gasteiger partial charge in [-0.25, -0.2) is 5.43 Å². The summed E-state index contributed by atoms with van der Waals surface area (Å²) >= 11 is 5.90. The summed E-state index contributed by atoms with van der Waals surface area (Å²) in [5.74, 6) is -0.731. The maximum atomic E-state index is 12.1. The number of anilines is 1. The zero-order valence-electron chi connectivity index (χ0n) is 18.0. The number of benzene rings is 2. The number of carbonyl (C=O) groups is 3. The molecule has 11 heteroatoms. The summed E-state index contributed by atoms with van der Waals surface area (Å²) in [5.41, 5.74) is 3.02. The van der Waals surface area contributed by atoms with Crippen LogP contribution in [0.2, 0.25) is 5.02 Å². The predicted molar refractivity (Wildman–Crippen MR) is 125 cm³/mol. The standard InChI is InChI=1S/C23H21ClN4O6/c1-32-20-9-6-16(24)11-19(20)27-22(30)23(31)28-26-12-15-4-7-17(8-5-15)34-14-21(29)25-13-18-3-2-10-33-18/h2-12H,13-14H2,1H3,(H,25,29)(H,27,30)(H,28,31). The summed E-state index contributed by atoms with van der Waals surface area (Å²) in [6.07, 6.45) is 2.88. The molecular weight excluding hydrogens is 464 g/mol. The molecule has 0 fully saturated rings. The molecule has 3 N–H and O–H groups in total. The molecule has 0 aliphatic carbocycles. The number of halogens is 1. The highest BCUT2D eigenvalue weighted by Crippen LogP contribution is 2.27. The molecule has 176 valence electrons. The third-order valence-corrected chi connectivity index (χ3v) is 4.52. The van der Waals surface area contributed by atoms with Gasteiger partial charge >= 0.3 is 11.8 Å². The average molecular weight is 485 g/mol. The Morgan fingerprint density at radius 3 is 2.59 bits per heavy atom. The van der Waals surface area contributed by atoms with E-state index >= 15 is 0 Å². The Bertz CT molecular complexity index is 1160. The Morgan fingerprint density at radius 1 is 1.09 bits per heavy atom. The van der Waals surface area contributed by atoms with E-state index in [2.05, 4.69) is 21.2 Å². The lowest BCUT2D eigenvalue weighted by Crippen LogP contribution is -2.32. The van der Waals surface area contributed by atoms with Gasteiger partial charge in [0.2, 0.25) is 0 Å². The quantitative estimate of drug-likeness (QED) is 0.243. The minimum absolute atomic E-state index is 0.156. The number of ether oxygens (including phenoxy) is 2. The molecule has 3 rings (SSSR count). The van der Waals surface area contributed by atoms with Crippen molar-refractivity contribution >= 4 is 41.2 Å². The molecule has 1 heterocycles. The summed E-state index contributed by atoms with van der Waals surface area (Å²) in [6.45, 7) is 0.123. The average Bonchev–Trinajstić information content (AvgIpc) is 3.36. The summed E-state index contributed by atoms with van der Waals surface area (Å²) in [5, 5.41) is 9.21. The van der Waals surface area contributed by atoms with Crippen molar-refractivity contribution < 1.29 is 28.3 Å². The van der Waals surface area contributed by atoms with E-state index in [9.17, 15) is 14.4 Å². The van der Waals surface area contributed by atoms with Crippen LogP contribution in [0.5, 0.6) is 11.5 Å². The SMILES string of the molecule is COc1ccc(Cl)cc1NC(=O)C(=O)NN=Cc1ccc(OCC(=O)NCc2ccco2)cc1. The Labute approximate surface area is 199 Å². The minimum Gasteiger partial charge on any atom is -0.495 e. The molecular formula is C23H21ClN4O6. The number of rotatable bonds is 9. The minimum atomic E-state index is -0.973. The van der Waals surface area contributed by atoms with Crippen LogP contribution in [0.3, 0.4) is 0 Å². The van der Waals surface area contributed by atoms with Crippen molar-refractivity contribution in [2.45, 2.75) is 6.54 Å². The van der Waals surface area contributed by atoms with E-state index < -0.39 is 11.8 Å². The Morgan fingerprint density at radius 2 is 1.88 bits per heavy atom. The van der Waals surface area contributed by atoms with E-state index in [1.54, 1.807) is 48.5 Å². The molecule has 0 aliphatic rings. The molecule has 2 aromatic carbocycles. The van der Waals surface area contributed by atoms with Gasteiger partial charge in [0.1, 0.15) is 17.3 Å². The zero-order valence-corrected chi connectivity index (χ0v) is 18.8. The second-order valence-electron chi connectivity index (χ2n) is 6.71. The summed E-state index contributed by atoms with van der Waals surface area (Å²) in [7, 11) is 1.43. The van der Waals surface area contributed by atoms with Crippen LogP contribution in [-0.4, -0.2) is 37.7 Å². The van der Waals surface area contributed by atoms with Crippen molar-refractivity contribution in [2.75, 3.05) is 19.0 Å². The lowest BCUT2D eigenvalue weighted by atomic mass is 10.2. The first-order valence-corrected chi connectivity index (χ1v) is 10.3. The first-order valence-electron chi connectivity index (χ1n) is 9.94. The molecule has 0 radical (unpaired) electrons. The Balaban J connectivity index is 1.43. The maximum Gasteiger partial charge on any atom is 0.329 e. The van der Waals surface area contributed by atoms with E-state index in [1.165, 1.54) is 25.7 Å². The third-order valence-electron chi connectivity index (χ3n) is 4.29. The number of nitrogens with one attached hydrogen (secondary N) is 3. The van der Waals surface area contributed by atoms with E-state index in [0.717, 1.165) is 0 Å². The van der Waals surface area contributed by atoms with Crippen LogP contribution < -0.4 is 25.5 Å². The van der Waals surface area contributed by atoms with Crippen molar-refractivity contribution in [1.29, 1.82) is 0 Å². The first kappa shape index (κ1) is 24.3. The molecule has 0 atom stereocenters. The summed E-state index contributed by atoms with van der Waals surface area (Å²) in [4.78, 5) is 35.9. The van der Waals surface area contributed by atoms with Crippen molar-refractivity contribution in [2.24, 2.45) is 5.10 Å². The van der Waals surface area contributed by atoms with Crippen LogP contribution in [0.25, 0.3) is 0 Å². The third kappa shape index (κ3) is 7.38. The largest absolute Gasteiger partial charge is 0.495 e. The van der Waals surface area contributed by atoms with Gasteiger partial charge in [0.15, 0.2) is 6.61 Å². The topological polar surface area (TPSA) is 131 Å². The van der Waals surface area contributed by atoms with Gasteiger partial charge in [0.05, 0.1) is 31.8 Å². The molecule has 34 heavy (non-hydrogen) atoms. The first-order chi connectivity index (χ1) is 16.4. The van der Waals surface area contributed by atoms with Crippen molar-refractivity contribution in [1.82, 2.24) is 10.7 Å². The highest BCUT2D eigenvalue weighted by Gasteiger charge is 2.15. The second kappa shape index (κ2) is 12.1. The molecule has 3 aromatic rings. The van der Waals surface area contributed by atoms with Gasteiger partial charge in [0.25, 0.3) is 5.91 Å². The Kier molecular flexibility index (Phi) is 8.64. The van der Waals surface area contributed by atoms with E-state index in [4.69, 9.17) is 25.5 Å². The molecule has 0 aliphatic heterocycles. The molecule has 10 nitrogen and oxygen atoms in total. The summed E-state index contributed by atoms with van der Waals surface area (Å²) < 4.78 is 15.7. The van der Waals surface area contributed by atoms with Crippen LogP contribution in [0.4, 0.5) is 5.69 Å². The predicted octanol–water partition coefficient (Wildman–Crippen LogP) is 2.73. The van der Waals surface area contributed by atoms with E-state index in [1.807, 2.05) is 0 Å². The van der Waals surface area contributed by atoms with Crippen LogP contribution in [0.1, 0.15) is 11.3 Å². The fourth-order valence-electron chi connectivity index (χ4n) is 2.62. The van der Waals surface area contributed by atoms with E-state index in [-0.39, 0.29) is 24.7 Å². The molecule has 0 unspecified atom stereocenters. The normalized spacial score (nSPS) is 10.5. The highest BCUT2D eigenvalue weighted by atomic mass is 35.5. The number of methoxy groups -OCH3 is 1. The Hall–Kier alpha value is -4.31. The molecule has 0 bridgehead atoms. The van der Waals surface area contributed by atoms with Crippen LogP contribution in [0.15, 0.2) is 70.4 Å². The van der Waals surface area contributed by atoms with Gasteiger partial charge in [-0.1, -0.05) is 11.6 Å². The number of hydrazone groups is 1. The molecule has 0 spiro atoms. The van der Waals surface area contributed by atoms with Crippen molar-refractivity contribution in [3.63, 3.8) is 0 Å². The maximum absolute atomic E-state index is 12.1. The molecule has 0 saturated heterocycles. The number of hydrogen-bond acceptors (Lipinski definition) is 7. The second-order valence-corrected chi connectivity index (χ2v) is 7.15. The number of furan rings is 1. The van der Waals surface area contributed by atoms with E-state index in [0.29, 0.717) is 27.8 Å². The highest BCUT2D eigenvalue weighted by molar-refractivity contribution is 6.40. The van der Waals surface area contributed by atoms with Crippen LogP contribution >= 0.6 is 11.6 Å². The zero-order chi connectivity index (χ0) is 24.3. The van der Waals surface area contributed by atoms with Gasteiger partial charge in [-0.15, -0.1) is 0 Å². The lowest BCUT2D eigenvalue weighted by Gasteiger charge is -2.09. The van der Waals surface area contributed by atoms with Crippen molar-refractivity contribution in [3.8, 4) is 11.5 Å². The van der Waals surface area contributed by atoms with Gasteiger partial charge in [-0.05, 0) is 60.2 Å². The molecule has 0 saturated carbocycles. The number of nitrogens with zero attached hydrogens (tertiary/aromatic N) is 1. The van der Waals surface area contributed by atoms with Crippen molar-refractivity contribution in [3.05, 3.63) is 77.2 Å². The number of amides is 3. The number of hydrogen-bond donors (Lipinski definition) is 3. The molecule has 1 aromatic heterocycles. The number of carbonyl (C=O) groups excluding carboxylic acids is 3.